The molecule has 1 aromatic carbocycles. The fraction of sp³-hybridized carbons (Fsp3) is 0.629. The van der Waals surface area contributed by atoms with Crippen LogP contribution in [0.25, 0.3) is 0 Å². The first-order valence-corrected chi connectivity index (χ1v) is 17.5. The number of aliphatic hydroxyl groups is 1. The number of anilines is 2. The first-order chi connectivity index (χ1) is 21.3. The van der Waals surface area contributed by atoms with Gasteiger partial charge in [-0.1, -0.05) is 31.9 Å². The van der Waals surface area contributed by atoms with Gasteiger partial charge in [0.2, 0.25) is 11.8 Å². The molecule has 1 spiro atoms. The molecule has 3 saturated heterocycles. The van der Waals surface area contributed by atoms with Crippen molar-refractivity contribution in [3.63, 3.8) is 0 Å². The summed E-state index contributed by atoms with van der Waals surface area (Å²) in [5.74, 6) is -1.06. The summed E-state index contributed by atoms with van der Waals surface area (Å²) in [7, 11) is 0. The highest BCUT2D eigenvalue weighted by atomic mass is 32.2. The van der Waals surface area contributed by atoms with Gasteiger partial charge in [0.1, 0.15) is 6.04 Å². The minimum absolute atomic E-state index is 0.0232. The Hall–Kier alpha value is -2.78. The second kappa shape index (κ2) is 15.5. The van der Waals surface area contributed by atoms with Gasteiger partial charge in [0.05, 0.1) is 16.6 Å². The highest BCUT2D eigenvalue weighted by molar-refractivity contribution is 8.02. The molecule has 0 aromatic heterocycles. The Balaban J connectivity index is 1.70. The molecule has 5 atom stereocenters. The standard InChI is InChI=1S/C35H52N4O4S/c1-6-21-37(22-7-2)32(41)29-28-19-20-35(44-28)30(29)33(42)39(24-13-11-12-14-25-40)31(35)34(43)38(23-8-3)27-17-15-26(16-18-27)36(9-4)10-5/h6,8,15-18,28-31,40H,1,3,7,9-14,19-25H2,2,4-5H3/t28-,29+,30-,31?,35?/m0/s1. The number of hydrogen-bond donors (Lipinski definition) is 1. The lowest BCUT2D eigenvalue weighted by molar-refractivity contribution is -0.143. The lowest BCUT2D eigenvalue weighted by Crippen LogP contribution is -2.55. The molecule has 9 heteroatoms. The molecule has 0 saturated carbocycles. The van der Waals surface area contributed by atoms with E-state index in [4.69, 9.17) is 0 Å². The van der Waals surface area contributed by atoms with Crippen molar-refractivity contribution in [3.05, 3.63) is 49.6 Å². The Bertz CT molecular complexity index is 1170. The lowest BCUT2D eigenvalue weighted by atomic mass is 9.70. The highest BCUT2D eigenvalue weighted by Crippen LogP contribution is 2.66. The number of rotatable bonds is 18. The van der Waals surface area contributed by atoms with Crippen LogP contribution in [0.3, 0.4) is 0 Å². The predicted molar refractivity (Wildman–Crippen MR) is 181 cm³/mol. The first kappa shape index (κ1) is 34.1. The number of carbonyl (C=O) groups excluding carboxylic acids is 3. The minimum atomic E-state index is -0.646. The van der Waals surface area contributed by atoms with Crippen molar-refractivity contribution >= 4 is 40.9 Å². The maximum atomic E-state index is 14.8. The van der Waals surface area contributed by atoms with E-state index in [1.54, 1.807) is 28.8 Å². The van der Waals surface area contributed by atoms with Crippen molar-refractivity contribution in [3.8, 4) is 0 Å². The molecule has 3 heterocycles. The van der Waals surface area contributed by atoms with Crippen molar-refractivity contribution in [1.29, 1.82) is 0 Å². The average Bonchev–Trinajstić information content (AvgIpc) is 3.67. The molecule has 3 fully saturated rings. The van der Waals surface area contributed by atoms with Crippen LogP contribution in [0.1, 0.15) is 65.7 Å². The number of carbonyl (C=O) groups is 3. The van der Waals surface area contributed by atoms with Crippen molar-refractivity contribution in [2.24, 2.45) is 11.8 Å². The molecule has 242 valence electrons. The molecule has 3 aliphatic heterocycles. The first-order valence-electron chi connectivity index (χ1n) is 16.6. The van der Waals surface area contributed by atoms with Gasteiger partial charge in [0.25, 0.3) is 5.91 Å². The van der Waals surface area contributed by atoms with Crippen LogP contribution in [0.5, 0.6) is 0 Å². The number of thioether (sulfide) groups is 1. The third-order valence-electron chi connectivity index (χ3n) is 9.65. The van der Waals surface area contributed by atoms with Gasteiger partial charge in [-0.15, -0.1) is 24.9 Å². The van der Waals surface area contributed by atoms with Gasteiger partial charge < -0.3 is 24.7 Å². The van der Waals surface area contributed by atoms with E-state index in [0.717, 1.165) is 69.4 Å². The summed E-state index contributed by atoms with van der Waals surface area (Å²) in [4.78, 5) is 51.0. The zero-order chi connectivity index (χ0) is 31.9. The Morgan fingerprint density at radius 1 is 1.00 bits per heavy atom. The minimum Gasteiger partial charge on any atom is -0.396 e. The summed E-state index contributed by atoms with van der Waals surface area (Å²) in [6.45, 7) is 18.0. The zero-order valence-corrected chi connectivity index (χ0v) is 27.8. The maximum absolute atomic E-state index is 14.8. The number of likely N-dealkylation sites (tertiary alicyclic amines) is 1. The summed E-state index contributed by atoms with van der Waals surface area (Å²) < 4.78 is -0.628. The summed E-state index contributed by atoms with van der Waals surface area (Å²) in [6.07, 6.45) is 9.12. The Morgan fingerprint density at radius 2 is 1.66 bits per heavy atom. The predicted octanol–water partition coefficient (Wildman–Crippen LogP) is 5.12. The normalized spacial score (nSPS) is 25.2. The second-order valence-corrected chi connectivity index (χ2v) is 13.8. The van der Waals surface area contributed by atoms with Crippen molar-refractivity contribution in [2.75, 3.05) is 55.7 Å². The number of aliphatic hydroxyl groups excluding tert-OH is 1. The Labute approximate surface area is 268 Å². The number of amides is 3. The molecule has 2 unspecified atom stereocenters. The summed E-state index contributed by atoms with van der Waals surface area (Å²) in [6, 6.07) is 7.44. The molecule has 1 aromatic rings. The molecule has 44 heavy (non-hydrogen) atoms. The van der Waals surface area contributed by atoms with E-state index in [1.165, 1.54) is 0 Å². The van der Waals surface area contributed by atoms with Crippen molar-refractivity contribution < 1.29 is 19.5 Å². The van der Waals surface area contributed by atoms with Gasteiger partial charge in [-0.3, -0.25) is 14.4 Å². The quantitative estimate of drug-likeness (QED) is 0.180. The molecule has 3 amide bonds. The van der Waals surface area contributed by atoms with Crippen molar-refractivity contribution in [2.45, 2.75) is 81.8 Å². The third kappa shape index (κ3) is 6.45. The van der Waals surface area contributed by atoms with Gasteiger partial charge in [-0.05, 0) is 70.2 Å². The second-order valence-electron chi connectivity index (χ2n) is 12.2. The molecule has 1 N–H and O–H groups in total. The molecule has 0 radical (unpaired) electrons. The van der Waals surface area contributed by atoms with Crippen LogP contribution in [0.4, 0.5) is 11.4 Å². The van der Waals surface area contributed by atoms with E-state index in [9.17, 15) is 19.5 Å². The molecule has 3 aliphatic rings. The van der Waals surface area contributed by atoms with Crippen LogP contribution < -0.4 is 9.80 Å². The lowest BCUT2D eigenvalue weighted by Gasteiger charge is -2.37. The summed E-state index contributed by atoms with van der Waals surface area (Å²) in [5.41, 5.74) is 1.89. The van der Waals surface area contributed by atoms with E-state index in [2.05, 4.69) is 51.0 Å². The van der Waals surface area contributed by atoms with Gasteiger partial charge in [-0.2, -0.15) is 0 Å². The highest BCUT2D eigenvalue weighted by Gasteiger charge is 2.74. The number of fused-ring (bicyclic) bond motifs is 1. The summed E-state index contributed by atoms with van der Waals surface area (Å²) >= 11 is 1.72. The van der Waals surface area contributed by atoms with Gasteiger partial charge in [-0.25, -0.2) is 0 Å². The van der Waals surface area contributed by atoms with E-state index < -0.39 is 22.6 Å². The van der Waals surface area contributed by atoms with Crippen LogP contribution in [0.15, 0.2) is 49.6 Å². The largest absolute Gasteiger partial charge is 0.396 e. The maximum Gasteiger partial charge on any atom is 0.251 e. The molecule has 2 bridgehead atoms. The molecular formula is C35H52N4O4S. The third-order valence-corrected chi connectivity index (χ3v) is 11.6. The fourth-order valence-corrected chi connectivity index (χ4v) is 9.87. The average molecular weight is 625 g/mol. The number of nitrogens with zero attached hydrogens (tertiary/aromatic N) is 4. The van der Waals surface area contributed by atoms with Crippen LogP contribution >= 0.6 is 11.8 Å². The van der Waals surface area contributed by atoms with Gasteiger partial charge in [0, 0.05) is 62.5 Å². The van der Waals surface area contributed by atoms with Crippen LogP contribution in [-0.4, -0.2) is 94.5 Å². The SMILES string of the molecule is C=CCN(CCC)C(=O)[C@@H]1[C@@H]2CCC3(S2)C(C(=O)N(CC=C)c2ccc(N(CC)CC)cc2)N(CCCCCCO)C(=O)[C@H]13. The smallest absolute Gasteiger partial charge is 0.251 e. The number of unbranched alkanes of at least 4 members (excludes halogenated alkanes) is 3. The Morgan fingerprint density at radius 3 is 2.27 bits per heavy atom. The molecule has 0 aliphatic carbocycles. The summed E-state index contributed by atoms with van der Waals surface area (Å²) in [5, 5.41) is 9.27. The zero-order valence-electron chi connectivity index (χ0n) is 27.0. The topological polar surface area (TPSA) is 84.4 Å². The molecule has 8 nitrogen and oxygen atoms in total. The van der Waals surface area contributed by atoms with Gasteiger partial charge in [0.15, 0.2) is 0 Å². The van der Waals surface area contributed by atoms with Crippen LogP contribution in [-0.2, 0) is 14.4 Å². The number of hydrogen-bond acceptors (Lipinski definition) is 6. The number of benzene rings is 1. The monoisotopic (exact) mass is 624 g/mol. The van der Waals surface area contributed by atoms with Crippen LogP contribution in [0.2, 0.25) is 0 Å². The van der Waals surface area contributed by atoms with Gasteiger partial charge >= 0.3 is 0 Å². The van der Waals surface area contributed by atoms with E-state index in [1.807, 2.05) is 21.9 Å². The van der Waals surface area contributed by atoms with E-state index in [-0.39, 0.29) is 29.6 Å². The molecule has 4 rings (SSSR count). The van der Waals surface area contributed by atoms with Crippen molar-refractivity contribution in [1.82, 2.24) is 9.80 Å². The van der Waals surface area contributed by atoms with E-state index in [0.29, 0.717) is 26.2 Å². The molecular weight excluding hydrogens is 572 g/mol. The fourth-order valence-electron chi connectivity index (χ4n) is 7.66. The van der Waals surface area contributed by atoms with E-state index >= 15 is 0 Å². The van der Waals surface area contributed by atoms with Crippen LogP contribution in [0, 0.1) is 11.8 Å². The Kier molecular flexibility index (Phi) is 12.0.